The van der Waals surface area contributed by atoms with Crippen LogP contribution in [0.2, 0.25) is 0 Å². The van der Waals surface area contributed by atoms with E-state index in [1.807, 2.05) is 11.0 Å². The van der Waals surface area contributed by atoms with Crippen LogP contribution in [0.15, 0.2) is 34.7 Å². The Morgan fingerprint density at radius 1 is 1.22 bits per heavy atom. The Hall–Kier alpha value is -3.27. The zero-order chi connectivity index (χ0) is 22.7. The van der Waals surface area contributed by atoms with E-state index in [9.17, 15) is 14.0 Å². The van der Waals surface area contributed by atoms with Crippen LogP contribution in [0.3, 0.4) is 0 Å². The van der Waals surface area contributed by atoms with Crippen LogP contribution in [0.25, 0.3) is 0 Å². The van der Waals surface area contributed by atoms with Crippen LogP contribution in [0.5, 0.6) is 5.95 Å². The molecule has 9 nitrogen and oxygen atoms in total. The monoisotopic (exact) mass is 446 g/mol. The van der Waals surface area contributed by atoms with E-state index in [-0.39, 0.29) is 24.8 Å². The third-order valence-corrected chi connectivity index (χ3v) is 5.63. The highest BCUT2D eigenvalue weighted by atomic mass is 19.1. The van der Waals surface area contributed by atoms with E-state index in [0.29, 0.717) is 37.0 Å². The minimum Gasteiger partial charge on any atom is -0.468 e. The van der Waals surface area contributed by atoms with Crippen LogP contribution in [-0.2, 0) is 16.1 Å². The number of nitrogens with one attached hydrogen (secondary N) is 1. The van der Waals surface area contributed by atoms with E-state index in [1.54, 1.807) is 25.3 Å². The Morgan fingerprint density at radius 2 is 2.00 bits per heavy atom. The Balaban J connectivity index is 1.34. The second kappa shape index (κ2) is 9.47. The van der Waals surface area contributed by atoms with Crippen molar-refractivity contribution >= 4 is 23.4 Å². The molecule has 3 heterocycles. The number of methoxy groups -OCH3 is 1. The molecule has 2 aliphatic rings. The summed E-state index contributed by atoms with van der Waals surface area (Å²) in [6.45, 7) is 5.46. The van der Waals surface area contributed by atoms with Crippen molar-refractivity contribution in [2.24, 2.45) is 0 Å². The first-order chi connectivity index (χ1) is 15.4. The fourth-order valence-electron chi connectivity index (χ4n) is 3.94. The molecule has 0 saturated carbocycles. The van der Waals surface area contributed by atoms with Gasteiger partial charge in [-0.25, -0.2) is 9.18 Å². The smallest absolute Gasteiger partial charge is 0.414 e. The lowest BCUT2D eigenvalue weighted by Gasteiger charge is -2.36. The van der Waals surface area contributed by atoms with Crippen molar-refractivity contribution in [1.29, 1.82) is 0 Å². The molecule has 0 unspecified atom stereocenters. The van der Waals surface area contributed by atoms with Gasteiger partial charge in [-0.15, -0.1) is 0 Å². The number of nitrogens with zero attached hydrogens (tertiary/aromatic N) is 3. The highest BCUT2D eigenvalue weighted by Crippen LogP contribution is 2.29. The summed E-state index contributed by atoms with van der Waals surface area (Å²) in [4.78, 5) is 28.9. The van der Waals surface area contributed by atoms with Crippen LogP contribution in [-0.4, -0.2) is 69.4 Å². The topological polar surface area (TPSA) is 87.5 Å². The first-order valence-corrected chi connectivity index (χ1v) is 10.5. The Kier molecular flexibility index (Phi) is 6.50. The van der Waals surface area contributed by atoms with E-state index >= 15 is 0 Å². The molecule has 0 radical (unpaired) electrons. The number of cyclic esters (lactones) is 1. The molecule has 2 amide bonds. The summed E-state index contributed by atoms with van der Waals surface area (Å²) in [5.41, 5.74) is 0.947. The van der Waals surface area contributed by atoms with Gasteiger partial charge in [-0.3, -0.25) is 14.6 Å². The molecule has 4 rings (SSSR count). The Bertz CT molecular complexity index is 973. The van der Waals surface area contributed by atoms with E-state index < -0.39 is 12.2 Å². The molecule has 2 aliphatic heterocycles. The van der Waals surface area contributed by atoms with E-state index in [4.69, 9.17) is 13.9 Å². The van der Waals surface area contributed by atoms with Gasteiger partial charge in [0.15, 0.2) is 0 Å². The first kappa shape index (κ1) is 21.9. The highest BCUT2D eigenvalue weighted by Gasteiger charge is 2.33. The van der Waals surface area contributed by atoms with Crippen LogP contribution >= 0.6 is 0 Å². The number of halogens is 1. The predicted molar refractivity (Wildman–Crippen MR) is 115 cm³/mol. The summed E-state index contributed by atoms with van der Waals surface area (Å²) in [6, 6.07) is 8.47. The van der Waals surface area contributed by atoms with Gasteiger partial charge in [0, 0.05) is 39.2 Å². The Labute approximate surface area is 185 Å². The van der Waals surface area contributed by atoms with Gasteiger partial charge in [0.1, 0.15) is 17.7 Å². The number of piperazine rings is 1. The zero-order valence-electron chi connectivity index (χ0n) is 18.2. The average molecular weight is 446 g/mol. The summed E-state index contributed by atoms with van der Waals surface area (Å²) in [7, 11) is 1.57. The average Bonchev–Trinajstić information content (AvgIpc) is 3.39. The summed E-state index contributed by atoms with van der Waals surface area (Å²) in [6.07, 6.45) is -1.01. The van der Waals surface area contributed by atoms with Gasteiger partial charge in [0.05, 0.1) is 38.1 Å². The van der Waals surface area contributed by atoms with Crippen molar-refractivity contribution in [2.45, 2.75) is 19.6 Å². The van der Waals surface area contributed by atoms with Crippen LogP contribution in [0.4, 0.5) is 20.6 Å². The fourth-order valence-corrected chi connectivity index (χ4v) is 3.94. The molecule has 1 aromatic heterocycles. The Morgan fingerprint density at radius 3 is 2.66 bits per heavy atom. The normalized spacial score (nSPS) is 19.2. The molecule has 1 atom stereocenters. The number of hydrogen-bond donors (Lipinski definition) is 1. The molecule has 10 heteroatoms. The maximum Gasteiger partial charge on any atom is 0.414 e. The molecule has 1 N–H and O–H groups in total. The highest BCUT2D eigenvalue weighted by molar-refractivity contribution is 5.90. The van der Waals surface area contributed by atoms with E-state index in [1.165, 1.54) is 17.9 Å². The lowest BCUT2D eigenvalue weighted by molar-refractivity contribution is -0.119. The third-order valence-electron chi connectivity index (χ3n) is 5.63. The first-order valence-electron chi connectivity index (χ1n) is 10.5. The van der Waals surface area contributed by atoms with Crippen molar-refractivity contribution in [3.8, 4) is 5.95 Å². The maximum absolute atomic E-state index is 14.9. The van der Waals surface area contributed by atoms with Gasteiger partial charge in [0.25, 0.3) is 5.95 Å². The second-order valence-corrected chi connectivity index (χ2v) is 7.88. The van der Waals surface area contributed by atoms with Crippen molar-refractivity contribution in [3.63, 3.8) is 0 Å². The van der Waals surface area contributed by atoms with E-state index in [2.05, 4.69) is 10.2 Å². The number of hydrogen-bond acceptors (Lipinski definition) is 7. The molecule has 172 valence electrons. The molecule has 0 aliphatic carbocycles. The maximum atomic E-state index is 14.9. The van der Waals surface area contributed by atoms with Gasteiger partial charge in [-0.05, 0) is 24.3 Å². The summed E-state index contributed by atoms with van der Waals surface area (Å²) < 4.78 is 30.8. The number of benzene rings is 1. The summed E-state index contributed by atoms with van der Waals surface area (Å²) >= 11 is 0. The number of carbonyl (C=O) groups excluding carboxylic acids is 2. The molecular weight excluding hydrogens is 419 g/mol. The molecular formula is C22H27FN4O5. The number of rotatable bonds is 7. The van der Waals surface area contributed by atoms with Gasteiger partial charge in [-0.2, -0.15) is 0 Å². The summed E-state index contributed by atoms with van der Waals surface area (Å²) in [5.74, 6) is 0.743. The van der Waals surface area contributed by atoms with Gasteiger partial charge >= 0.3 is 6.09 Å². The minimum atomic E-state index is -0.546. The number of amides is 2. The number of ether oxygens (including phenoxy) is 2. The number of furan rings is 1. The van der Waals surface area contributed by atoms with Crippen molar-refractivity contribution in [1.82, 2.24) is 10.2 Å². The van der Waals surface area contributed by atoms with Crippen molar-refractivity contribution in [2.75, 3.05) is 56.2 Å². The molecule has 32 heavy (non-hydrogen) atoms. The molecule has 2 fully saturated rings. The van der Waals surface area contributed by atoms with Crippen molar-refractivity contribution < 1.29 is 27.9 Å². The van der Waals surface area contributed by atoms with Crippen LogP contribution < -0.4 is 19.9 Å². The van der Waals surface area contributed by atoms with Crippen molar-refractivity contribution in [3.05, 3.63) is 41.9 Å². The molecule has 1 aromatic carbocycles. The SMILES string of the molecule is COc1ccc(CN2CCN(c3ccc(N4C[C@H](CNC(C)=O)OC4=O)cc3F)CC2)o1. The van der Waals surface area contributed by atoms with Crippen LogP contribution in [0.1, 0.15) is 12.7 Å². The standard InChI is InChI=1S/C22H27FN4O5/c1-15(28)24-12-18-14-27(22(29)32-18)16-3-5-20(19(23)11-16)26-9-7-25(8-10-26)13-17-4-6-21(30-2)31-17/h3-6,11,18H,7-10,12-14H2,1-2H3,(H,24,28)/t18-/m0/s1. The second-order valence-electron chi connectivity index (χ2n) is 7.88. The van der Waals surface area contributed by atoms with Crippen LogP contribution in [0, 0.1) is 5.82 Å². The third kappa shape index (κ3) is 4.96. The molecule has 2 saturated heterocycles. The number of carbonyl (C=O) groups is 2. The molecule has 2 aromatic rings. The fraction of sp³-hybridized carbons (Fsp3) is 0.455. The lowest BCUT2D eigenvalue weighted by atomic mass is 10.2. The predicted octanol–water partition coefficient (Wildman–Crippen LogP) is 2.21. The minimum absolute atomic E-state index is 0.195. The van der Waals surface area contributed by atoms with Gasteiger partial charge < -0.3 is 24.1 Å². The molecule has 0 spiro atoms. The lowest BCUT2D eigenvalue weighted by Crippen LogP contribution is -2.46. The molecule has 0 bridgehead atoms. The quantitative estimate of drug-likeness (QED) is 0.698. The van der Waals surface area contributed by atoms with Gasteiger partial charge in [-0.1, -0.05) is 0 Å². The number of anilines is 2. The zero-order valence-corrected chi connectivity index (χ0v) is 18.2. The largest absolute Gasteiger partial charge is 0.468 e. The summed E-state index contributed by atoms with van der Waals surface area (Å²) in [5, 5.41) is 2.63. The van der Waals surface area contributed by atoms with Gasteiger partial charge in [0.2, 0.25) is 5.91 Å². The van der Waals surface area contributed by atoms with E-state index in [0.717, 1.165) is 18.8 Å².